The predicted molar refractivity (Wildman–Crippen MR) is 66.2 cm³/mol. The largest absolute Gasteiger partial charge is 0.316 e. The van der Waals surface area contributed by atoms with E-state index in [1.807, 2.05) is 41.2 Å². The van der Waals surface area contributed by atoms with Gasteiger partial charge in [0, 0.05) is 12.5 Å². The average molecular weight is 228 g/mol. The molecule has 3 rings (SSSR count). The fraction of sp³-hybridized carbons (Fsp3) is 0.385. The van der Waals surface area contributed by atoms with Gasteiger partial charge < -0.3 is 5.32 Å². The molecular formula is C13H16N4. The number of nitrogens with one attached hydrogen (secondary N) is 1. The van der Waals surface area contributed by atoms with Gasteiger partial charge in [0.05, 0.1) is 17.6 Å². The summed E-state index contributed by atoms with van der Waals surface area (Å²) in [5.41, 5.74) is 2.16. The first kappa shape index (κ1) is 10.5. The maximum Gasteiger partial charge on any atom is 0.0875 e. The van der Waals surface area contributed by atoms with Crippen LogP contribution in [0, 0.1) is 0 Å². The minimum Gasteiger partial charge on any atom is -0.316 e. The molecule has 2 heterocycles. The summed E-state index contributed by atoms with van der Waals surface area (Å²) in [7, 11) is 0. The molecule has 1 N–H and O–H groups in total. The van der Waals surface area contributed by atoms with Crippen LogP contribution < -0.4 is 5.32 Å². The van der Waals surface area contributed by atoms with Gasteiger partial charge in [0.1, 0.15) is 0 Å². The molecule has 4 heteroatoms. The number of hydrogen-bond acceptors (Lipinski definition) is 3. The van der Waals surface area contributed by atoms with E-state index in [9.17, 15) is 0 Å². The van der Waals surface area contributed by atoms with E-state index in [1.165, 1.54) is 12.8 Å². The van der Waals surface area contributed by atoms with E-state index in [0.717, 1.165) is 24.5 Å². The highest BCUT2D eigenvalue weighted by Crippen LogP contribution is 2.21. The smallest absolute Gasteiger partial charge is 0.0875 e. The summed E-state index contributed by atoms with van der Waals surface area (Å²) in [6, 6.07) is 10.1. The maximum atomic E-state index is 4.29. The van der Waals surface area contributed by atoms with Crippen molar-refractivity contribution in [2.75, 3.05) is 13.1 Å². The summed E-state index contributed by atoms with van der Waals surface area (Å²) < 4.78 is 1.85. The quantitative estimate of drug-likeness (QED) is 0.851. The summed E-state index contributed by atoms with van der Waals surface area (Å²) in [5.74, 6) is 0.515. The Hall–Kier alpha value is -1.68. The third kappa shape index (κ3) is 2.22. The first-order valence-corrected chi connectivity index (χ1v) is 6.12. The van der Waals surface area contributed by atoms with Crippen LogP contribution in [0.15, 0.2) is 36.5 Å². The van der Waals surface area contributed by atoms with E-state index in [2.05, 4.69) is 15.6 Å². The van der Waals surface area contributed by atoms with Gasteiger partial charge in [-0.3, -0.25) is 0 Å². The topological polar surface area (TPSA) is 42.7 Å². The number of rotatable bonds is 2. The molecule has 1 unspecified atom stereocenters. The Kier molecular flexibility index (Phi) is 2.88. The van der Waals surface area contributed by atoms with Gasteiger partial charge >= 0.3 is 0 Å². The molecule has 1 fully saturated rings. The van der Waals surface area contributed by atoms with Crippen molar-refractivity contribution in [3.05, 3.63) is 42.2 Å². The van der Waals surface area contributed by atoms with Crippen LogP contribution in [-0.4, -0.2) is 28.1 Å². The van der Waals surface area contributed by atoms with Crippen LogP contribution in [0.1, 0.15) is 24.5 Å². The van der Waals surface area contributed by atoms with Crippen molar-refractivity contribution in [1.82, 2.24) is 20.3 Å². The zero-order valence-electron chi connectivity index (χ0n) is 9.71. The number of hydrogen-bond donors (Lipinski definition) is 1. The minimum atomic E-state index is 0.515. The van der Waals surface area contributed by atoms with Crippen molar-refractivity contribution < 1.29 is 0 Å². The Balaban J connectivity index is 1.83. The van der Waals surface area contributed by atoms with E-state index < -0.39 is 0 Å². The van der Waals surface area contributed by atoms with Gasteiger partial charge in [-0.05, 0) is 31.5 Å². The fourth-order valence-corrected chi connectivity index (χ4v) is 2.27. The van der Waals surface area contributed by atoms with Gasteiger partial charge in [-0.25, -0.2) is 4.68 Å². The van der Waals surface area contributed by atoms with Crippen LogP contribution in [0.25, 0.3) is 5.69 Å². The molecule has 1 aliphatic rings. The lowest BCUT2D eigenvalue weighted by Gasteiger charge is -2.20. The first-order valence-electron chi connectivity index (χ1n) is 6.12. The lowest BCUT2D eigenvalue weighted by molar-refractivity contribution is 0.454. The van der Waals surface area contributed by atoms with Crippen molar-refractivity contribution in [2.24, 2.45) is 0 Å². The van der Waals surface area contributed by atoms with Gasteiger partial charge in [-0.2, -0.15) is 0 Å². The highest BCUT2D eigenvalue weighted by Gasteiger charge is 2.18. The zero-order chi connectivity index (χ0) is 11.5. The van der Waals surface area contributed by atoms with Gasteiger partial charge in [-0.15, -0.1) is 5.10 Å². The van der Waals surface area contributed by atoms with Crippen LogP contribution in [0.2, 0.25) is 0 Å². The second-order valence-corrected chi connectivity index (χ2v) is 4.47. The summed E-state index contributed by atoms with van der Waals surface area (Å²) in [6.07, 6.45) is 4.48. The van der Waals surface area contributed by atoms with Crippen molar-refractivity contribution >= 4 is 0 Å². The van der Waals surface area contributed by atoms with E-state index in [4.69, 9.17) is 0 Å². The molecule has 1 atom stereocenters. The number of nitrogens with zero attached hydrogens (tertiary/aromatic N) is 3. The highest BCUT2D eigenvalue weighted by atomic mass is 15.4. The molecule has 0 bridgehead atoms. The standard InChI is InChI=1S/C13H16N4/c1-2-6-12(7-3-1)17-10-13(15-16-17)11-5-4-8-14-9-11/h1-3,6-7,10-11,14H,4-5,8-9H2. The Bertz CT molecular complexity index is 471. The number of para-hydroxylation sites is 1. The van der Waals surface area contributed by atoms with Crippen LogP contribution in [0.5, 0.6) is 0 Å². The van der Waals surface area contributed by atoms with E-state index in [0.29, 0.717) is 5.92 Å². The second-order valence-electron chi connectivity index (χ2n) is 4.47. The average Bonchev–Trinajstić information content (AvgIpc) is 2.90. The second kappa shape index (κ2) is 4.67. The molecule has 88 valence electrons. The predicted octanol–water partition coefficient (Wildman–Crippen LogP) is 1.73. The molecule has 0 saturated carbocycles. The molecule has 0 spiro atoms. The summed E-state index contributed by atoms with van der Waals surface area (Å²) in [4.78, 5) is 0. The van der Waals surface area contributed by atoms with E-state index in [1.54, 1.807) is 0 Å². The molecule has 0 amide bonds. The van der Waals surface area contributed by atoms with Crippen molar-refractivity contribution in [3.8, 4) is 5.69 Å². The third-order valence-electron chi connectivity index (χ3n) is 3.25. The first-order chi connectivity index (χ1) is 8.43. The van der Waals surface area contributed by atoms with Crippen LogP contribution in [0.4, 0.5) is 0 Å². The Morgan fingerprint density at radius 3 is 2.88 bits per heavy atom. The molecule has 17 heavy (non-hydrogen) atoms. The zero-order valence-corrected chi connectivity index (χ0v) is 9.71. The third-order valence-corrected chi connectivity index (χ3v) is 3.25. The molecule has 1 aliphatic heterocycles. The molecule has 2 aromatic rings. The molecular weight excluding hydrogens is 212 g/mol. The number of piperidine rings is 1. The normalized spacial score (nSPS) is 20.4. The summed E-state index contributed by atoms with van der Waals surface area (Å²) >= 11 is 0. The Morgan fingerprint density at radius 2 is 2.12 bits per heavy atom. The van der Waals surface area contributed by atoms with Crippen LogP contribution in [0.3, 0.4) is 0 Å². The molecule has 1 aromatic carbocycles. The molecule has 1 aromatic heterocycles. The van der Waals surface area contributed by atoms with E-state index >= 15 is 0 Å². The summed E-state index contributed by atoms with van der Waals surface area (Å²) in [6.45, 7) is 2.15. The SMILES string of the molecule is c1ccc(-n2cc(C3CCCNC3)nn2)cc1. The maximum absolute atomic E-state index is 4.29. The van der Waals surface area contributed by atoms with Gasteiger partial charge in [0.2, 0.25) is 0 Å². The van der Waals surface area contributed by atoms with Crippen LogP contribution >= 0.6 is 0 Å². The van der Waals surface area contributed by atoms with Crippen LogP contribution in [-0.2, 0) is 0 Å². The van der Waals surface area contributed by atoms with Gasteiger partial charge in [0.25, 0.3) is 0 Å². The number of benzene rings is 1. The molecule has 1 saturated heterocycles. The van der Waals surface area contributed by atoms with E-state index in [-0.39, 0.29) is 0 Å². The van der Waals surface area contributed by atoms with Crippen molar-refractivity contribution in [3.63, 3.8) is 0 Å². The van der Waals surface area contributed by atoms with Gasteiger partial charge in [-0.1, -0.05) is 23.4 Å². The molecule has 4 nitrogen and oxygen atoms in total. The number of aromatic nitrogens is 3. The Morgan fingerprint density at radius 1 is 1.24 bits per heavy atom. The summed E-state index contributed by atoms with van der Waals surface area (Å²) in [5, 5.41) is 11.9. The molecule has 0 aliphatic carbocycles. The lowest BCUT2D eigenvalue weighted by Crippen LogP contribution is -2.28. The highest BCUT2D eigenvalue weighted by molar-refractivity contribution is 5.30. The van der Waals surface area contributed by atoms with Crippen molar-refractivity contribution in [2.45, 2.75) is 18.8 Å². The fourth-order valence-electron chi connectivity index (χ4n) is 2.27. The Labute approximate surface area is 101 Å². The lowest BCUT2D eigenvalue weighted by atomic mass is 9.97. The minimum absolute atomic E-state index is 0.515. The van der Waals surface area contributed by atoms with Crippen molar-refractivity contribution in [1.29, 1.82) is 0 Å². The monoisotopic (exact) mass is 228 g/mol. The molecule has 0 radical (unpaired) electrons. The van der Waals surface area contributed by atoms with Gasteiger partial charge in [0.15, 0.2) is 0 Å².